The number of aromatic nitrogens is 3. The number of piperazine rings is 1. The molecule has 0 aliphatic carbocycles. The largest absolute Gasteiger partial charge is 0.487 e. The molecular weight excluding hydrogens is 431 g/mol. The Labute approximate surface area is 200 Å². The van der Waals surface area contributed by atoms with Crippen molar-refractivity contribution >= 4 is 5.82 Å². The highest BCUT2D eigenvalue weighted by Crippen LogP contribution is 2.27. The topological polar surface area (TPSA) is 58.5 Å². The first-order valence-electron chi connectivity index (χ1n) is 12.2. The smallest absolute Gasteiger partial charge is 0.165 e. The quantitative estimate of drug-likeness (QED) is 0.601. The lowest BCUT2D eigenvalue weighted by Gasteiger charge is -2.35. The highest BCUT2D eigenvalue weighted by atomic mass is 19.1. The Morgan fingerprint density at radius 1 is 1.03 bits per heavy atom. The molecule has 2 aromatic heterocycles. The van der Waals surface area contributed by atoms with Crippen LogP contribution >= 0.6 is 0 Å². The Bertz CT molecular complexity index is 1090. The van der Waals surface area contributed by atoms with E-state index in [1.165, 1.54) is 6.07 Å². The SMILES string of the molecule is C[C@@H]1CN(Cc2ccn(-c3cccnc3N3CCC(Oc4ccccc4F)CC3)n2)C[C@H](C)N1. The summed E-state index contributed by atoms with van der Waals surface area (Å²) in [5.74, 6) is 0.943. The summed E-state index contributed by atoms with van der Waals surface area (Å²) in [6, 6.07) is 13.7. The van der Waals surface area contributed by atoms with Gasteiger partial charge in [0.15, 0.2) is 17.4 Å². The van der Waals surface area contributed by atoms with Crippen molar-refractivity contribution in [2.75, 3.05) is 31.1 Å². The summed E-state index contributed by atoms with van der Waals surface area (Å²) in [6.07, 6.45) is 5.48. The molecule has 180 valence electrons. The molecule has 0 amide bonds. The monoisotopic (exact) mass is 464 g/mol. The molecule has 2 aliphatic heterocycles. The number of anilines is 1. The number of para-hydroxylation sites is 1. The van der Waals surface area contributed by atoms with Gasteiger partial charge in [-0.2, -0.15) is 5.10 Å². The fourth-order valence-electron chi connectivity index (χ4n) is 5.09. The Morgan fingerprint density at radius 2 is 1.79 bits per heavy atom. The number of pyridine rings is 1. The van der Waals surface area contributed by atoms with Crippen LogP contribution in [0.25, 0.3) is 5.69 Å². The first-order chi connectivity index (χ1) is 16.5. The van der Waals surface area contributed by atoms with E-state index in [0.717, 1.165) is 62.8 Å². The van der Waals surface area contributed by atoms with Gasteiger partial charge in [0.05, 0.1) is 5.69 Å². The molecule has 1 N–H and O–H groups in total. The second kappa shape index (κ2) is 10.1. The van der Waals surface area contributed by atoms with Crippen LogP contribution in [-0.4, -0.2) is 64.0 Å². The molecule has 2 atom stereocenters. The molecule has 0 unspecified atom stereocenters. The van der Waals surface area contributed by atoms with Crippen molar-refractivity contribution < 1.29 is 9.13 Å². The fraction of sp³-hybridized carbons (Fsp3) is 0.462. The van der Waals surface area contributed by atoms with Crippen molar-refractivity contribution in [1.29, 1.82) is 0 Å². The van der Waals surface area contributed by atoms with E-state index in [4.69, 9.17) is 14.8 Å². The first kappa shape index (κ1) is 22.8. The van der Waals surface area contributed by atoms with E-state index in [0.29, 0.717) is 17.8 Å². The molecule has 2 saturated heterocycles. The van der Waals surface area contributed by atoms with Gasteiger partial charge in [-0.3, -0.25) is 4.90 Å². The predicted octanol–water partition coefficient (Wildman–Crippen LogP) is 3.64. The van der Waals surface area contributed by atoms with E-state index in [1.54, 1.807) is 18.2 Å². The standard InChI is InChI=1S/C26H33FN6O/c1-19-16-31(17-20(2)29-19)18-21-9-15-33(30-21)24-7-5-12-28-26(24)32-13-10-22(11-14-32)34-25-8-4-3-6-23(25)27/h3-9,12,15,19-20,22,29H,10-11,13-14,16-18H2,1-2H3/t19-,20+. The molecule has 0 bridgehead atoms. The number of hydrogen-bond donors (Lipinski definition) is 1. The van der Waals surface area contributed by atoms with Gasteiger partial charge in [0.1, 0.15) is 11.8 Å². The van der Waals surface area contributed by atoms with Crippen LogP contribution in [0.5, 0.6) is 5.75 Å². The minimum atomic E-state index is -0.309. The van der Waals surface area contributed by atoms with Crippen LogP contribution in [-0.2, 0) is 6.54 Å². The normalized spacial score (nSPS) is 22.1. The van der Waals surface area contributed by atoms with E-state index in [-0.39, 0.29) is 11.9 Å². The van der Waals surface area contributed by atoms with Crippen molar-refractivity contribution in [1.82, 2.24) is 25.0 Å². The second-order valence-electron chi connectivity index (χ2n) is 9.50. The van der Waals surface area contributed by atoms with E-state index < -0.39 is 0 Å². The Balaban J connectivity index is 1.24. The van der Waals surface area contributed by atoms with Gasteiger partial charge < -0.3 is 15.0 Å². The van der Waals surface area contributed by atoms with Crippen molar-refractivity contribution in [3.05, 3.63) is 66.4 Å². The van der Waals surface area contributed by atoms with Gasteiger partial charge in [-0.25, -0.2) is 14.1 Å². The highest BCUT2D eigenvalue weighted by molar-refractivity contribution is 5.57. The molecule has 3 aromatic rings. The number of piperidine rings is 1. The summed E-state index contributed by atoms with van der Waals surface area (Å²) in [7, 11) is 0. The van der Waals surface area contributed by atoms with Crippen LogP contribution in [0.4, 0.5) is 10.2 Å². The van der Waals surface area contributed by atoms with Gasteiger partial charge in [0.2, 0.25) is 0 Å². The zero-order valence-electron chi connectivity index (χ0n) is 19.9. The van der Waals surface area contributed by atoms with Gasteiger partial charge in [0, 0.05) is 70.0 Å². The maximum absolute atomic E-state index is 14.0. The first-order valence-corrected chi connectivity index (χ1v) is 12.2. The lowest BCUT2D eigenvalue weighted by atomic mass is 10.1. The molecule has 0 saturated carbocycles. The summed E-state index contributed by atoms with van der Waals surface area (Å²) in [5, 5.41) is 8.46. The molecule has 5 rings (SSSR count). The number of benzene rings is 1. The third kappa shape index (κ3) is 5.23. The number of nitrogens with one attached hydrogen (secondary N) is 1. The lowest BCUT2D eigenvalue weighted by Crippen LogP contribution is -2.53. The minimum absolute atomic E-state index is 0.000402. The van der Waals surface area contributed by atoms with Crippen LogP contribution in [0.3, 0.4) is 0 Å². The van der Waals surface area contributed by atoms with E-state index >= 15 is 0 Å². The number of halogens is 1. The summed E-state index contributed by atoms with van der Waals surface area (Å²) in [6.45, 7) is 8.96. The Morgan fingerprint density at radius 3 is 2.56 bits per heavy atom. The zero-order chi connectivity index (χ0) is 23.5. The van der Waals surface area contributed by atoms with Crippen molar-refractivity contribution in [3.8, 4) is 11.4 Å². The maximum atomic E-state index is 14.0. The number of ether oxygens (including phenoxy) is 1. The lowest BCUT2D eigenvalue weighted by molar-refractivity contribution is 0.163. The third-order valence-electron chi connectivity index (χ3n) is 6.55. The van der Waals surface area contributed by atoms with Gasteiger partial charge in [0.25, 0.3) is 0 Å². The van der Waals surface area contributed by atoms with Gasteiger partial charge >= 0.3 is 0 Å². The molecular formula is C26H33FN6O. The molecule has 2 aliphatic rings. The predicted molar refractivity (Wildman–Crippen MR) is 131 cm³/mol. The van der Waals surface area contributed by atoms with Crippen LogP contribution in [0.15, 0.2) is 54.9 Å². The summed E-state index contributed by atoms with van der Waals surface area (Å²) in [5.41, 5.74) is 2.04. The molecule has 0 radical (unpaired) electrons. The van der Waals surface area contributed by atoms with Crippen molar-refractivity contribution in [3.63, 3.8) is 0 Å². The fourth-order valence-corrected chi connectivity index (χ4v) is 5.09. The number of nitrogens with zero attached hydrogens (tertiary/aromatic N) is 5. The molecule has 1 aromatic carbocycles. The Hall–Kier alpha value is -2.97. The molecule has 0 spiro atoms. The van der Waals surface area contributed by atoms with Gasteiger partial charge in [-0.15, -0.1) is 0 Å². The van der Waals surface area contributed by atoms with E-state index in [2.05, 4.69) is 41.1 Å². The molecule has 34 heavy (non-hydrogen) atoms. The average molecular weight is 465 g/mol. The van der Waals surface area contributed by atoms with Crippen molar-refractivity contribution in [2.24, 2.45) is 0 Å². The van der Waals surface area contributed by atoms with Crippen LogP contribution in [0.2, 0.25) is 0 Å². The van der Waals surface area contributed by atoms with Crippen molar-refractivity contribution in [2.45, 2.75) is 51.4 Å². The van der Waals surface area contributed by atoms with E-state index in [9.17, 15) is 4.39 Å². The molecule has 7 nitrogen and oxygen atoms in total. The number of rotatable bonds is 6. The minimum Gasteiger partial charge on any atom is -0.487 e. The summed E-state index contributed by atoms with van der Waals surface area (Å²) >= 11 is 0. The summed E-state index contributed by atoms with van der Waals surface area (Å²) in [4.78, 5) is 9.43. The van der Waals surface area contributed by atoms with Crippen LogP contribution < -0.4 is 15.0 Å². The molecule has 4 heterocycles. The maximum Gasteiger partial charge on any atom is 0.165 e. The second-order valence-corrected chi connectivity index (χ2v) is 9.50. The molecule has 8 heteroatoms. The average Bonchev–Trinajstić information content (AvgIpc) is 3.29. The van der Waals surface area contributed by atoms with E-state index in [1.807, 2.05) is 23.1 Å². The number of hydrogen-bond acceptors (Lipinski definition) is 6. The zero-order valence-corrected chi connectivity index (χ0v) is 19.9. The highest BCUT2D eigenvalue weighted by Gasteiger charge is 2.25. The van der Waals surface area contributed by atoms with Gasteiger partial charge in [-0.05, 0) is 44.2 Å². The Kier molecular flexibility index (Phi) is 6.78. The van der Waals surface area contributed by atoms with Gasteiger partial charge in [-0.1, -0.05) is 12.1 Å². The van der Waals surface area contributed by atoms with Crippen LogP contribution in [0.1, 0.15) is 32.4 Å². The molecule has 2 fully saturated rings. The third-order valence-corrected chi connectivity index (χ3v) is 6.55. The summed E-state index contributed by atoms with van der Waals surface area (Å²) < 4.78 is 21.8. The van der Waals surface area contributed by atoms with Crippen LogP contribution in [0, 0.1) is 5.82 Å².